The van der Waals surface area contributed by atoms with Gasteiger partial charge in [-0.2, -0.15) is 0 Å². The quantitative estimate of drug-likeness (QED) is 0.620. The molecule has 1 aliphatic rings. The summed E-state index contributed by atoms with van der Waals surface area (Å²) in [5.41, 5.74) is 7.64. The molecule has 2 amide bonds. The SMILES string of the molecule is CC1=CC(=O)N(C(C)c2ccc(N)cc2)C1=O. The fraction of sp³-hybridized carbons (Fsp3) is 0.231. The Morgan fingerprint density at radius 3 is 2.24 bits per heavy atom. The summed E-state index contributed by atoms with van der Waals surface area (Å²) in [7, 11) is 0. The lowest BCUT2D eigenvalue weighted by Gasteiger charge is -2.23. The van der Waals surface area contributed by atoms with Crippen molar-refractivity contribution >= 4 is 17.5 Å². The zero-order chi connectivity index (χ0) is 12.6. The van der Waals surface area contributed by atoms with Crippen molar-refractivity contribution in [2.75, 3.05) is 5.73 Å². The third kappa shape index (κ3) is 1.93. The number of hydrogen-bond acceptors (Lipinski definition) is 3. The molecule has 4 nitrogen and oxygen atoms in total. The average molecular weight is 230 g/mol. The van der Waals surface area contributed by atoms with Gasteiger partial charge >= 0.3 is 0 Å². The predicted octanol–water partition coefficient (Wildman–Crippen LogP) is 1.64. The van der Waals surface area contributed by atoms with Gasteiger partial charge in [-0.1, -0.05) is 12.1 Å². The molecule has 0 saturated carbocycles. The van der Waals surface area contributed by atoms with E-state index in [1.807, 2.05) is 19.1 Å². The van der Waals surface area contributed by atoms with E-state index < -0.39 is 0 Å². The lowest BCUT2D eigenvalue weighted by Crippen LogP contribution is -2.33. The Balaban J connectivity index is 2.27. The molecule has 88 valence electrons. The normalized spacial score (nSPS) is 17.3. The third-order valence-electron chi connectivity index (χ3n) is 2.94. The summed E-state index contributed by atoms with van der Waals surface area (Å²) in [6, 6.07) is 6.90. The first-order chi connectivity index (χ1) is 8.00. The van der Waals surface area contributed by atoms with Crippen LogP contribution in [-0.2, 0) is 9.59 Å². The highest BCUT2D eigenvalue weighted by molar-refractivity contribution is 6.16. The van der Waals surface area contributed by atoms with Gasteiger partial charge in [-0.05, 0) is 31.5 Å². The molecule has 2 rings (SSSR count). The minimum atomic E-state index is -0.274. The van der Waals surface area contributed by atoms with Gasteiger partial charge in [-0.15, -0.1) is 0 Å². The second-order valence-electron chi connectivity index (χ2n) is 4.18. The summed E-state index contributed by atoms with van der Waals surface area (Å²) in [6.07, 6.45) is 1.37. The summed E-state index contributed by atoms with van der Waals surface area (Å²) in [5.74, 6) is -0.476. The number of carbonyl (C=O) groups excluding carboxylic acids is 2. The minimum absolute atomic E-state index is 0.223. The van der Waals surface area contributed by atoms with Gasteiger partial charge in [-0.25, -0.2) is 0 Å². The van der Waals surface area contributed by atoms with Crippen LogP contribution in [0.1, 0.15) is 25.5 Å². The molecule has 1 heterocycles. The lowest BCUT2D eigenvalue weighted by atomic mass is 10.1. The van der Waals surface area contributed by atoms with Gasteiger partial charge < -0.3 is 5.73 Å². The highest BCUT2D eigenvalue weighted by atomic mass is 16.2. The number of imide groups is 1. The van der Waals surface area contributed by atoms with E-state index in [0.717, 1.165) is 5.56 Å². The number of benzene rings is 1. The molecule has 1 unspecified atom stereocenters. The van der Waals surface area contributed by atoms with Crippen molar-refractivity contribution in [3.05, 3.63) is 41.5 Å². The van der Waals surface area contributed by atoms with E-state index in [-0.39, 0.29) is 17.9 Å². The molecule has 0 saturated heterocycles. The number of hydrogen-bond donors (Lipinski definition) is 1. The van der Waals surface area contributed by atoms with E-state index >= 15 is 0 Å². The monoisotopic (exact) mass is 230 g/mol. The molecule has 0 aromatic heterocycles. The first-order valence-corrected chi connectivity index (χ1v) is 5.42. The molecule has 4 heteroatoms. The van der Waals surface area contributed by atoms with E-state index in [1.54, 1.807) is 19.1 Å². The first kappa shape index (κ1) is 11.4. The molecule has 17 heavy (non-hydrogen) atoms. The number of nitrogens with zero attached hydrogens (tertiary/aromatic N) is 1. The molecule has 1 aromatic carbocycles. The summed E-state index contributed by atoms with van der Waals surface area (Å²) >= 11 is 0. The van der Waals surface area contributed by atoms with Gasteiger partial charge in [0.1, 0.15) is 0 Å². The van der Waals surface area contributed by atoms with Crippen LogP contribution in [0, 0.1) is 0 Å². The molecule has 1 aromatic rings. The number of nitrogen functional groups attached to an aromatic ring is 1. The van der Waals surface area contributed by atoms with Crippen molar-refractivity contribution in [3.63, 3.8) is 0 Å². The van der Waals surface area contributed by atoms with Crippen molar-refractivity contribution < 1.29 is 9.59 Å². The zero-order valence-corrected chi connectivity index (χ0v) is 9.81. The molecule has 0 bridgehead atoms. The fourth-order valence-electron chi connectivity index (χ4n) is 1.90. The molecule has 0 aliphatic carbocycles. The van der Waals surface area contributed by atoms with Crippen LogP contribution in [0.15, 0.2) is 35.9 Å². The van der Waals surface area contributed by atoms with Crippen molar-refractivity contribution in [1.82, 2.24) is 4.90 Å². The van der Waals surface area contributed by atoms with Crippen LogP contribution >= 0.6 is 0 Å². The number of rotatable bonds is 2. The Kier molecular flexibility index (Phi) is 2.71. The van der Waals surface area contributed by atoms with E-state index in [1.165, 1.54) is 11.0 Å². The summed E-state index contributed by atoms with van der Waals surface area (Å²) < 4.78 is 0. The lowest BCUT2D eigenvalue weighted by molar-refractivity contribution is -0.139. The maximum Gasteiger partial charge on any atom is 0.257 e. The summed E-state index contributed by atoms with van der Waals surface area (Å²) in [5, 5.41) is 0. The molecule has 1 aliphatic heterocycles. The maximum absolute atomic E-state index is 11.8. The Hall–Kier alpha value is -2.10. The smallest absolute Gasteiger partial charge is 0.257 e. The predicted molar refractivity (Wildman–Crippen MR) is 64.9 cm³/mol. The van der Waals surface area contributed by atoms with Crippen LogP contribution in [0.3, 0.4) is 0 Å². The van der Waals surface area contributed by atoms with Crippen LogP contribution in [0.2, 0.25) is 0 Å². The number of anilines is 1. The van der Waals surface area contributed by atoms with Crippen LogP contribution in [-0.4, -0.2) is 16.7 Å². The van der Waals surface area contributed by atoms with Crippen molar-refractivity contribution in [2.45, 2.75) is 19.9 Å². The third-order valence-corrected chi connectivity index (χ3v) is 2.94. The van der Waals surface area contributed by atoms with E-state index in [2.05, 4.69) is 0 Å². The van der Waals surface area contributed by atoms with Gasteiger partial charge in [-0.3, -0.25) is 14.5 Å². The van der Waals surface area contributed by atoms with Crippen LogP contribution in [0.25, 0.3) is 0 Å². The Morgan fingerprint density at radius 2 is 1.76 bits per heavy atom. The van der Waals surface area contributed by atoms with Gasteiger partial charge in [0.15, 0.2) is 0 Å². The van der Waals surface area contributed by atoms with E-state index in [0.29, 0.717) is 11.3 Å². The number of carbonyl (C=O) groups is 2. The molecule has 0 radical (unpaired) electrons. The molecule has 0 spiro atoms. The van der Waals surface area contributed by atoms with Crippen LogP contribution < -0.4 is 5.73 Å². The number of amides is 2. The Morgan fingerprint density at radius 1 is 1.18 bits per heavy atom. The number of nitrogens with two attached hydrogens (primary N) is 1. The topological polar surface area (TPSA) is 63.4 Å². The minimum Gasteiger partial charge on any atom is -0.399 e. The molecule has 1 atom stereocenters. The second-order valence-corrected chi connectivity index (χ2v) is 4.18. The second kappa shape index (κ2) is 4.05. The fourth-order valence-corrected chi connectivity index (χ4v) is 1.90. The Labute approximate surface area is 99.7 Å². The highest BCUT2D eigenvalue weighted by Crippen LogP contribution is 2.26. The van der Waals surface area contributed by atoms with E-state index in [4.69, 9.17) is 5.73 Å². The van der Waals surface area contributed by atoms with Gasteiger partial charge in [0.25, 0.3) is 11.8 Å². The summed E-state index contributed by atoms with van der Waals surface area (Å²) in [4.78, 5) is 24.8. The van der Waals surface area contributed by atoms with E-state index in [9.17, 15) is 9.59 Å². The van der Waals surface area contributed by atoms with Gasteiger partial charge in [0.05, 0.1) is 6.04 Å². The van der Waals surface area contributed by atoms with Crippen molar-refractivity contribution in [1.29, 1.82) is 0 Å². The molecule has 2 N–H and O–H groups in total. The first-order valence-electron chi connectivity index (χ1n) is 5.42. The van der Waals surface area contributed by atoms with Crippen LogP contribution in [0.4, 0.5) is 5.69 Å². The Bertz CT molecular complexity index is 503. The summed E-state index contributed by atoms with van der Waals surface area (Å²) in [6.45, 7) is 3.48. The maximum atomic E-state index is 11.8. The molecular weight excluding hydrogens is 216 g/mol. The molecular formula is C13H14N2O2. The standard InChI is InChI=1S/C13H14N2O2/c1-8-7-12(16)15(13(8)17)9(2)10-3-5-11(14)6-4-10/h3-7,9H,14H2,1-2H3. The van der Waals surface area contributed by atoms with Crippen molar-refractivity contribution in [3.8, 4) is 0 Å². The van der Waals surface area contributed by atoms with Gasteiger partial charge in [0.2, 0.25) is 0 Å². The largest absolute Gasteiger partial charge is 0.399 e. The average Bonchev–Trinajstić information content (AvgIpc) is 2.53. The zero-order valence-electron chi connectivity index (χ0n) is 9.81. The van der Waals surface area contributed by atoms with Gasteiger partial charge in [0, 0.05) is 17.3 Å². The van der Waals surface area contributed by atoms with Crippen molar-refractivity contribution in [2.24, 2.45) is 0 Å². The molecule has 0 fully saturated rings. The highest BCUT2D eigenvalue weighted by Gasteiger charge is 2.32. The van der Waals surface area contributed by atoms with Crippen LogP contribution in [0.5, 0.6) is 0 Å².